The van der Waals surface area contributed by atoms with Gasteiger partial charge < -0.3 is 20.4 Å². The minimum Gasteiger partial charge on any atom is -0.357 e. The van der Waals surface area contributed by atoms with Crippen LogP contribution in [0.3, 0.4) is 0 Å². The van der Waals surface area contributed by atoms with Gasteiger partial charge in [0.15, 0.2) is 0 Å². The van der Waals surface area contributed by atoms with Crippen molar-refractivity contribution in [1.82, 2.24) is 20.5 Å². The first-order chi connectivity index (χ1) is 11.8. The topological polar surface area (TPSA) is 60.5 Å². The number of carbonyl (C=O) groups excluding carboxylic acids is 1. The van der Waals surface area contributed by atoms with Gasteiger partial charge in [-0.05, 0) is 50.4 Å². The summed E-state index contributed by atoms with van der Waals surface area (Å²) in [5, 5.41) is 5.84. The molecular weight excluding hydrogens is 302 g/mol. The second-order valence-corrected chi connectivity index (χ2v) is 6.73. The fraction of sp³-hybridized carbons (Fsp3) is 0.667. The van der Waals surface area contributed by atoms with Crippen molar-refractivity contribution in [3.63, 3.8) is 0 Å². The number of nitrogens with one attached hydrogen (secondary N) is 2. The van der Waals surface area contributed by atoms with Crippen LogP contribution < -0.4 is 15.5 Å². The molecule has 2 fully saturated rings. The molecule has 1 aromatic heterocycles. The van der Waals surface area contributed by atoms with E-state index in [9.17, 15) is 4.79 Å². The lowest BCUT2D eigenvalue weighted by Gasteiger charge is -2.26. The monoisotopic (exact) mass is 331 g/mol. The van der Waals surface area contributed by atoms with E-state index in [-0.39, 0.29) is 6.03 Å². The Kier molecular flexibility index (Phi) is 6.29. The molecule has 0 atom stereocenters. The number of urea groups is 1. The smallest absolute Gasteiger partial charge is 0.315 e. The van der Waals surface area contributed by atoms with Crippen LogP contribution in [0, 0.1) is 0 Å². The van der Waals surface area contributed by atoms with Crippen molar-refractivity contribution in [1.29, 1.82) is 0 Å². The highest BCUT2D eigenvalue weighted by Gasteiger charge is 2.13. The third kappa shape index (κ3) is 5.09. The molecule has 0 saturated carbocycles. The molecule has 0 bridgehead atoms. The first kappa shape index (κ1) is 17.0. The summed E-state index contributed by atoms with van der Waals surface area (Å²) < 4.78 is 0. The summed E-state index contributed by atoms with van der Waals surface area (Å²) in [5.74, 6) is 1.04. The maximum atomic E-state index is 11.9. The van der Waals surface area contributed by atoms with Crippen LogP contribution in [0.25, 0.3) is 0 Å². The molecule has 24 heavy (non-hydrogen) atoms. The number of rotatable bonds is 6. The molecule has 3 rings (SSSR count). The lowest BCUT2D eigenvalue weighted by atomic mass is 10.1. The van der Waals surface area contributed by atoms with Gasteiger partial charge in [0.1, 0.15) is 5.82 Å². The Hall–Kier alpha value is -1.82. The SMILES string of the molecule is O=C(NCCN1CCCCC1)NCc1ccc(N2CCCC2)nc1. The highest BCUT2D eigenvalue weighted by molar-refractivity contribution is 5.73. The number of likely N-dealkylation sites (tertiary alicyclic amines) is 1. The van der Waals surface area contributed by atoms with Crippen molar-refractivity contribution in [2.24, 2.45) is 0 Å². The number of anilines is 1. The zero-order valence-electron chi connectivity index (χ0n) is 14.5. The maximum absolute atomic E-state index is 11.9. The lowest BCUT2D eigenvalue weighted by Crippen LogP contribution is -2.41. The van der Waals surface area contributed by atoms with E-state index in [0.717, 1.165) is 31.0 Å². The Labute approximate surface area is 144 Å². The molecule has 3 heterocycles. The zero-order valence-corrected chi connectivity index (χ0v) is 14.5. The van der Waals surface area contributed by atoms with Crippen LogP contribution >= 0.6 is 0 Å². The van der Waals surface area contributed by atoms with Crippen LogP contribution in [-0.4, -0.2) is 55.2 Å². The largest absolute Gasteiger partial charge is 0.357 e. The van der Waals surface area contributed by atoms with Gasteiger partial charge in [0, 0.05) is 38.9 Å². The van der Waals surface area contributed by atoms with Gasteiger partial charge in [-0.3, -0.25) is 0 Å². The van der Waals surface area contributed by atoms with Crippen molar-refractivity contribution in [2.45, 2.75) is 38.6 Å². The molecule has 2 aliphatic rings. The number of amides is 2. The Balaban J connectivity index is 1.33. The molecule has 0 radical (unpaired) electrons. The van der Waals surface area contributed by atoms with E-state index in [2.05, 4.69) is 37.6 Å². The summed E-state index contributed by atoms with van der Waals surface area (Å²) in [6.07, 6.45) is 8.28. The molecule has 2 aliphatic heterocycles. The highest BCUT2D eigenvalue weighted by atomic mass is 16.2. The summed E-state index contributed by atoms with van der Waals surface area (Å²) in [5.41, 5.74) is 1.03. The van der Waals surface area contributed by atoms with Crippen molar-refractivity contribution >= 4 is 11.8 Å². The Morgan fingerprint density at radius 3 is 2.46 bits per heavy atom. The minimum atomic E-state index is -0.101. The average molecular weight is 331 g/mol. The standard InChI is InChI=1S/C18H29N5O/c24-18(19-8-13-22-9-2-1-3-10-22)21-15-16-6-7-17(20-14-16)23-11-4-5-12-23/h6-7,14H,1-5,8-13,15H2,(H2,19,21,24). The van der Waals surface area contributed by atoms with Crippen molar-refractivity contribution in [3.05, 3.63) is 23.9 Å². The Bertz CT molecular complexity index is 507. The molecule has 0 unspecified atom stereocenters. The molecule has 2 amide bonds. The molecule has 0 aliphatic carbocycles. The molecule has 0 aromatic carbocycles. The van der Waals surface area contributed by atoms with Crippen molar-refractivity contribution < 1.29 is 4.79 Å². The molecule has 0 spiro atoms. The van der Waals surface area contributed by atoms with Crippen LogP contribution in [0.5, 0.6) is 0 Å². The zero-order chi connectivity index (χ0) is 16.6. The first-order valence-corrected chi connectivity index (χ1v) is 9.25. The lowest BCUT2D eigenvalue weighted by molar-refractivity contribution is 0.220. The number of carbonyl (C=O) groups is 1. The van der Waals surface area contributed by atoms with Crippen LogP contribution in [0.15, 0.2) is 18.3 Å². The first-order valence-electron chi connectivity index (χ1n) is 9.25. The molecule has 2 N–H and O–H groups in total. The van der Waals surface area contributed by atoms with Crippen LogP contribution in [-0.2, 0) is 6.54 Å². The normalized spacial score (nSPS) is 18.6. The van der Waals surface area contributed by atoms with Gasteiger partial charge in [-0.15, -0.1) is 0 Å². The third-order valence-corrected chi connectivity index (χ3v) is 4.85. The number of hydrogen-bond donors (Lipinski definition) is 2. The fourth-order valence-electron chi connectivity index (χ4n) is 3.41. The van der Waals surface area contributed by atoms with Gasteiger partial charge >= 0.3 is 6.03 Å². The van der Waals surface area contributed by atoms with Crippen LogP contribution in [0.4, 0.5) is 10.6 Å². The average Bonchev–Trinajstić information content (AvgIpc) is 3.16. The van der Waals surface area contributed by atoms with Crippen molar-refractivity contribution in [2.75, 3.05) is 44.2 Å². The van der Waals surface area contributed by atoms with Crippen LogP contribution in [0.2, 0.25) is 0 Å². The van der Waals surface area contributed by atoms with E-state index in [1.807, 2.05) is 6.20 Å². The predicted molar refractivity (Wildman–Crippen MR) is 96.2 cm³/mol. The summed E-state index contributed by atoms with van der Waals surface area (Å²) in [6, 6.07) is 4.00. The number of aromatic nitrogens is 1. The van der Waals surface area contributed by atoms with E-state index in [0.29, 0.717) is 13.1 Å². The number of pyridine rings is 1. The summed E-state index contributed by atoms with van der Waals surface area (Å²) >= 11 is 0. The summed E-state index contributed by atoms with van der Waals surface area (Å²) in [4.78, 5) is 21.1. The highest BCUT2D eigenvalue weighted by Crippen LogP contribution is 2.17. The van der Waals surface area contributed by atoms with Gasteiger partial charge in [-0.2, -0.15) is 0 Å². The molecule has 132 valence electrons. The number of nitrogens with zero attached hydrogens (tertiary/aromatic N) is 3. The van der Waals surface area contributed by atoms with E-state index >= 15 is 0 Å². The fourth-order valence-corrected chi connectivity index (χ4v) is 3.41. The van der Waals surface area contributed by atoms with Gasteiger partial charge in [-0.25, -0.2) is 9.78 Å². The quantitative estimate of drug-likeness (QED) is 0.837. The van der Waals surface area contributed by atoms with Gasteiger partial charge in [0.05, 0.1) is 0 Å². The molecule has 6 nitrogen and oxygen atoms in total. The van der Waals surface area contributed by atoms with Crippen molar-refractivity contribution in [3.8, 4) is 0 Å². The Morgan fingerprint density at radius 1 is 1.00 bits per heavy atom. The molecule has 1 aromatic rings. The molecule has 6 heteroatoms. The van der Waals surface area contributed by atoms with Gasteiger partial charge in [-0.1, -0.05) is 12.5 Å². The Morgan fingerprint density at radius 2 is 1.75 bits per heavy atom. The summed E-state index contributed by atoms with van der Waals surface area (Å²) in [7, 11) is 0. The van der Waals surface area contributed by atoms with Gasteiger partial charge in [0.2, 0.25) is 0 Å². The maximum Gasteiger partial charge on any atom is 0.315 e. The second-order valence-electron chi connectivity index (χ2n) is 6.73. The summed E-state index contributed by atoms with van der Waals surface area (Å²) in [6.45, 7) is 6.70. The van der Waals surface area contributed by atoms with E-state index in [1.165, 1.54) is 45.2 Å². The number of hydrogen-bond acceptors (Lipinski definition) is 4. The van der Waals surface area contributed by atoms with E-state index in [4.69, 9.17) is 0 Å². The van der Waals surface area contributed by atoms with E-state index < -0.39 is 0 Å². The minimum absolute atomic E-state index is 0.101. The van der Waals surface area contributed by atoms with E-state index in [1.54, 1.807) is 0 Å². The second kappa shape index (κ2) is 8.87. The predicted octanol–water partition coefficient (Wildman–Crippen LogP) is 1.97. The van der Waals surface area contributed by atoms with Gasteiger partial charge in [0.25, 0.3) is 0 Å². The molecular formula is C18H29N5O. The molecule has 2 saturated heterocycles. The third-order valence-electron chi connectivity index (χ3n) is 4.85. The number of piperidine rings is 1. The van der Waals surface area contributed by atoms with Crippen LogP contribution in [0.1, 0.15) is 37.7 Å².